The quantitative estimate of drug-likeness (QED) is 0.336. The standard InChI is InChI=1S/C31H50O3Si/c1-19(2)35(20(3)4,21(5)6)34-30-17-23-10-12-26-25(27(23)18-29(30)33-9)14-15-31(8)24(16-22(7)32)11-13-28(26)31/h17-21,24-26,28H,10-16H2,1-9H3/t24-,25+,26-,28+,31-/m1/s1. The first-order valence-corrected chi connectivity index (χ1v) is 16.5. The minimum atomic E-state index is -2.05. The topological polar surface area (TPSA) is 35.5 Å². The van der Waals surface area contributed by atoms with E-state index in [1.165, 1.54) is 43.2 Å². The van der Waals surface area contributed by atoms with Gasteiger partial charge in [0.1, 0.15) is 11.5 Å². The maximum Gasteiger partial charge on any atom is 0.258 e. The van der Waals surface area contributed by atoms with Gasteiger partial charge in [-0.25, -0.2) is 0 Å². The van der Waals surface area contributed by atoms with Crippen molar-refractivity contribution in [2.24, 2.45) is 23.2 Å². The SMILES string of the molecule is COc1cc2c(cc1O[Si](C(C)C)(C(C)C)C(C)C)CC[C@@H]1[C@@H]2CC[C@]2(C)[C@@H](CC(C)=O)CC[C@@H]12. The summed E-state index contributed by atoms with van der Waals surface area (Å²) >= 11 is 0. The number of Topliss-reactive ketones (excluding diaryl/α,β-unsaturated/α-hetero) is 1. The Balaban J connectivity index is 1.66. The van der Waals surface area contributed by atoms with Crippen molar-refractivity contribution in [1.82, 2.24) is 0 Å². The molecule has 1 aromatic carbocycles. The van der Waals surface area contributed by atoms with Gasteiger partial charge in [0, 0.05) is 6.42 Å². The van der Waals surface area contributed by atoms with Gasteiger partial charge in [-0.05, 0) is 114 Å². The zero-order valence-electron chi connectivity index (χ0n) is 23.9. The Hall–Kier alpha value is -1.29. The maximum absolute atomic E-state index is 12.0. The van der Waals surface area contributed by atoms with Crippen LogP contribution in [0.1, 0.15) is 111 Å². The molecule has 3 aliphatic carbocycles. The molecule has 3 aliphatic rings. The normalized spacial score (nSPS) is 30.3. The molecule has 0 heterocycles. The summed E-state index contributed by atoms with van der Waals surface area (Å²) in [5.41, 5.74) is 4.96. The molecule has 0 spiro atoms. The first-order valence-electron chi connectivity index (χ1n) is 14.3. The van der Waals surface area contributed by atoms with Gasteiger partial charge in [0.25, 0.3) is 8.32 Å². The average molecular weight is 499 g/mol. The van der Waals surface area contributed by atoms with Crippen molar-refractivity contribution >= 4 is 14.1 Å². The Kier molecular flexibility index (Phi) is 7.55. The number of hydrogen-bond acceptors (Lipinski definition) is 3. The molecular weight excluding hydrogens is 448 g/mol. The zero-order chi connectivity index (χ0) is 25.7. The summed E-state index contributed by atoms with van der Waals surface area (Å²) in [5, 5.41) is 0. The van der Waals surface area contributed by atoms with Gasteiger partial charge >= 0.3 is 0 Å². The molecule has 35 heavy (non-hydrogen) atoms. The number of methoxy groups -OCH3 is 1. The van der Waals surface area contributed by atoms with E-state index in [1.54, 1.807) is 14.0 Å². The molecule has 2 fully saturated rings. The fourth-order valence-corrected chi connectivity index (χ4v) is 14.4. The van der Waals surface area contributed by atoms with Crippen LogP contribution in [0.15, 0.2) is 12.1 Å². The number of ether oxygens (including phenoxy) is 1. The van der Waals surface area contributed by atoms with Crippen molar-refractivity contribution in [3.63, 3.8) is 0 Å². The van der Waals surface area contributed by atoms with Crippen LogP contribution in [-0.2, 0) is 11.2 Å². The van der Waals surface area contributed by atoms with Crippen LogP contribution in [0.25, 0.3) is 0 Å². The smallest absolute Gasteiger partial charge is 0.258 e. The summed E-state index contributed by atoms with van der Waals surface area (Å²) in [4.78, 5) is 12.0. The van der Waals surface area contributed by atoms with E-state index in [9.17, 15) is 4.79 Å². The average Bonchev–Trinajstić information content (AvgIpc) is 3.11. The third-order valence-electron chi connectivity index (χ3n) is 10.7. The molecule has 0 N–H and O–H groups in total. The van der Waals surface area contributed by atoms with Crippen molar-refractivity contribution < 1.29 is 14.0 Å². The van der Waals surface area contributed by atoms with Gasteiger partial charge in [0.05, 0.1) is 7.11 Å². The van der Waals surface area contributed by atoms with Gasteiger partial charge in [-0.3, -0.25) is 0 Å². The number of carbonyl (C=O) groups excluding carboxylic acids is 1. The molecule has 0 aromatic heterocycles. The van der Waals surface area contributed by atoms with E-state index in [0.717, 1.165) is 36.2 Å². The van der Waals surface area contributed by atoms with Crippen molar-refractivity contribution in [3.05, 3.63) is 23.3 Å². The van der Waals surface area contributed by atoms with Crippen molar-refractivity contribution in [3.8, 4) is 11.5 Å². The van der Waals surface area contributed by atoms with Crippen molar-refractivity contribution in [2.75, 3.05) is 7.11 Å². The van der Waals surface area contributed by atoms with Gasteiger partial charge < -0.3 is 14.0 Å². The molecular formula is C31H50O3Si. The number of fused-ring (bicyclic) bond motifs is 5. The lowest BCUT2D eigenvalue weighted by molar-refractivity contribution is -0.119. The number of benzene rings is 1. The van der Waals surface area contributed by atoms with Gasteiger partial charge in [0.2, 0.25) is 0 Å². The van der Waals surface area contributed by atoms with Crippen LogP contribution in [0.2, 0.25) is 16.6 Å². The summed E-state index contributed by atoms with van der Waals surface area (Å²) in [6, 6.07) is 4.71. The maximum atomic E-state index is 12.0. The van der Waals surface area contributed by atoms with Crippen LogP contribution >= 0.6 is 0 Å². The number of hydrogen-bond donors (Lipinski definition) is 0. The first kappa shape index (κ1) is 26.8. The highest BCUT2D eigenvalue weighted by Gasteiger charge is 2.55. The zero-order valence-corrected chi connectivity index (χ0v) is 24.9. The molecule has 0 saturated heterocycles. The van der Waals surface area contributed by atoms with Gasteiger partial charge in [-0.1, -0.05) is 48.5 Å². The number of aryl methyl sites for hydroxylation is 1. The Bertz CT molecular complexity index is 914. The van der Waals surface area contributed by atoms with E-state index in [1.807, 2.05) is 0 Å². The van der Waals surface area contributed by atoms with E-state index in [0.29, 0.717) is 39.7 Å². The lowest BCUT2D eigenvalue weighted by Crippen LogP contribution is -2.50. The largest absolute Gasteiger partial charge is 0.540 e. The van der Waals surface area contributed by atoms with Crippen LogP contribution in [-0.4, -0.2) is 21.2 Å². The molecule has 196 valence electrons. The Morgan fingerprint density at radius 1 is 1.00 bits per heavy atom. The second-order valence-electron chi connectivity index (χ2n) is 13.3. The monoisotopic (exact) mass is 498 g/mol. The molecule has 0 radical (unpaired) electrons. The number of rotatable bonds is 8. The van der Waals surface area contributed by atoms with Crippen molar-refractivity contribution in [2.45, 2.75) is 123 Å². The molecule has 0 bridgehead atoms. The second kappa shape index (κ2) is 9.87. The molecule has 3 nitrogen and oxygen atoms in total. The van der Waals surface area contributed by atoms with Crippen molar-refractivity contribution in [1.29, 1.82) is 0 Å². The number of carbonyl (C=O) groups is 1. The molecule has 5 atom stereocenters. The predicted octanol–water partition coefficient (Wildman–Crippen LogP) is 8.70. The molecule has 1 aromatic rings. The highest BCUT2D eigenvalue weighted by molar-refractivity contribution is 6.78. The summed E-state index contributed by atoms with van der Waals surface area (Å²) in [6.07, 6.45) is 8.22. The Labute approximate surface area is 215 Å². The van der Waals surface area contributed by atoms with E-state index in [-0.39, 0.29) is 0 Å². The lowest BCUT2D eigenvalue weighted by Gasteiger charge is -2.51. The van der Waals surface area contributed by atoms with Crippen LogP contribution in [0.4, 0.5) is 0 Å². The van der Waals surface area contributed by atoms with E-state index < -0.39 is 8.32 Å². The molecule has 0 amide bonds. The highest BCUT2D eigenvalue weighted by atomic mass is 28.4. The summed E-state index contributed by atoms with van der Waals surface area (Å²) in [6.45, 7) is 18.4. The fourth-order valence-electron chi connectivity index (χ4n) is 9.15. The third-order valence-corrected chi connectivity index (χ3v) is 16.7. The lowest BCUT2D eigenvalue weighted by atomic mass is 9.54. The molecule has 4 rings (SSSR count). The first-order chi connectivity index (χ1) is 16.5. The van der Waals surface area contributed by atoms with E-state index >= 15 is 0 Å². The van der Waals surface area contributed by atoms with Crippen LogP contribution in [0.3, 0.4) is 0 Å². The highest BCUT2D eigenvalue weighted by Crippen LogP contribution is 2.64. The molecule has 4 heteroatoms. The second-order valence-corrected chi connectivity index (χ2v) is 18.6. The van der Waals surface area contributed by atoms with Gasteiger partial charge in [-0.2, -0.15) is 0 Å². The molecule has 2 saturated carbocycles. The molecule has 0 unspecified atom stereocenters. The number of ketones is 1. The summed E-state index contributed by atoms with van der Waals surface area (Å²) < 4.78 is 13.1. The van der Waals surface area contributed by atoms with E-state index in [2.05, 4.69) is 60.6 Å². The Morgan fingerprint density at radius 3 is 2.23 bits per heavy atom. The summed E-state index contributed by atoms with van der Waals surface area (Å²) in [7, 11) is -0.247. The van der Waals surface area contributed by atoms with E-state index in [4.69, 9.17) is 9.16 Å². The third kappa shape index (κ3) is 4.40. The Morgan fingerprint density at radius 2 is 1.66 bits per heavy atom. The fraction of sp³-hybridized carbons (Fsp3) is 0.774. The molecule has 0 aliphatic heterocycles. The van der Waals surface area contributed by atoms with Crippen LogP contribution < -0.4 is 9.16 Å². The van der Waals surface area contributed by atoms with Gasteiger partial charge in [-0.15, -0.1) is 0 Å². The predicted molar refractivity (Wildman–Crippen MR) is 148 cm³/mol. The van der Waals surface area contributed by atoms with Crippen LogP contribution in [0, 0.1) is 23.2 Å². The minimum Gasteiger partial charge on any atom is -0.540 e. The van der Waals surface area contributed by atoms with Crippen LogP contribution in [0.5, 0.6) is 11.5 Å². The summed E-state index contributed by atoms with van der Waals surface area (Å²) in [5.74, 6) is 4.98. The van der Waals surface area contributed by atoms with Gasteiger partial charge in [0.15, 0.2) is 5.75 Å². The minimum absolute atomic E-state index is 0.342.